The van der Waals surface area contributed by atoms with E-state index in [1.807, 2.05) is 42.5 Å². The second kappa shape index (κ2) is 7.42. The molecule has 0 aliphatic rings. The van der Waals surface area contributed by atoms with Gasteiger partial charge in [0.1, 0.15) is 5.75 Å². The number of hydrogen-bond acceptors (Lipinski definition) is 4. The van der Waals surface area contributed by atoms with Crippen molar-refractivity contribution in [3.8, 4) is 17.1 Å². The third-order valence-electron chi connectivity index (χ3n) is 3.27. The monoisotopic (exact) mass is 466 g/mol. The molecule has 0 bridgehead atoms. The molecule has 1 N–H and O–H groups in total. The number of methoxy groups -OCH3 is 1. The molecule has 24 heavy (non-hydrogen) atoms. The van der Waals surface area contributed by atoms with Crippen LogP contribution in [0, 0.1) is 4.77 Å². The zero-order chi connectivity index (χ0) is 17.1. The molecule has 0 amide bonds. The predicted octanol–water partition coefficient (Wildman–Crippen LogP) is 5.02. The number of hydrogen-bond donors (Lipinski definition) is 1. The number of H-pyrrole nitrogens is 1. The normalized spacial score (nSPS) is 11.1. The van der Waals surface area contributed by atoms with E-state index in [4.69, 9.17) is 17.0 Å². The van der Waals surface area contributed by atoms with Gasteiger partial charge >= 0.3 is 0 Å². The maximum atomic E-state index is 5.36. The van der Waals surface area contributed by atoms with Crippen LogP contribution in [0.1, 0.15) is 5.56 Å². The molecule has 0 atom stereocenters. The van der Waals surface area contributed by atoms with Crippen LogP contribution >= 0.6 is 44.1 Å². The minimum absolute atomic E-state index is 0.408. The first-order valence-corrected chi connectivity index (χ1v) is 8.90. The van der Waals surface area contributed by atoms with Crippen molar-refractivity contribution in [1.29, 1.82) is 0 Å². The summed E-state index contributed by atoms with van der Waals surface area (Å²) in [6.45, 7) is 0. The van der Waals surface area contributed by atoms with Gasteiger partial charge < -0.3 is 4.74 Å². The van der Waals surface area contributed by atoms with Crippen LogP contribution < -0.4 is 4.74 Å². The average molecular weight is 468 g/mol. The lowest BCUT2D eigenvalue weighted by Gasteiger charge is -2.06. The van der Waals surface area contributed by atoms with E-state index in [0.29, 0.717) is 10.6 Å². The molecule has 2 aromatic carbocycles. The number of ether oxygens (including phenoxy) is 1. The van der Waals surface area contributed by atoms with Gasteiger partial charge in [0.2, 0.25) is 4.77 Å². The average Bonchev–Trinajstić information content (AvgIpc) is 2.94. The molecule has 0 aliphatic carbocycles. The van der Waals surface area contributed by atoms with Crippen LogP contribution in [-0.4, -0.2) is 28.2 Å². The summed E-state index contributed by atoms with van der Waals surface area (Å²) in [5, 5.41) is 11.5. The van der Waals surface area contributed by atoms with Crippen LogP contribution in [-0.2, 0) is 0 Å². The summed E-state index contributed by atoms with van der Waals surface area (Å²) in [6, 6.07) is 13.5. The van der Waals surface area contributed by atoms with Gasteiger partial charge in [-0.1, -0.05) is 44.0 Å². The van der Waals surface area contributed by atoms with E-state index < -0.39 is 0 Å². The molecule has 8 heteroatoms. The van der Waals surface area contributed by atoms with E-state index in [0.717, 1.165) is 25.8 Å². The quantitative estimate of drug-likeness (QED) is 0.432. The van der Waals surface area contributed by atoms with Gasteiger partial charge in [-0.2, -0.15) is 14.9 Å². The summed E-state index contributed by atoms with van der Waals surface area (Å²) in [5.74, 6) is 1.34. The standard InChI is InChI=1S/C16H12Br2N4OS/c1-23-14-7-6-11(17)8-10(14)9-19-22-15(20-21-16(22)24)12-4-2-3-5-13(12)18/h2-9H,1H3,(H,21,24)/b19-9-. The fourth-order valence-corrected chi connectivity index (χ4v) is 3.16. The summed E-state index contributed by atoms with van der Waals surface area (Å²) in [5.41, 5.74) is 1.72. The molecule has 0 spiro atoms. The van der Waals surface area contributed by atoms with Gasteiger partial charge in [0.05, 0.1) is 13.3 Å². The Labute approximate surface area is 160 Å². The molecular formula is C16H12Br2N4OS. The number of aromatic amines is 1. The van der Waals surface area contributed by atoms with Gasteiger partial charge in [0, 0.05) is 20.1 Å². The fourth-order valence-electron chi connectivity index (χ4n) is 2.14. The highest BCUT2D eigenvalue weighted by Gasteiger charge is 2.11. The van der Waals surface area contributed by atoms with Gasteiger partial charge in [-0.05, 0) is 42.5 Å². The summed E-state index contributed by atoms with van der Waals surface area (Å²) in [7, 11) is 1.62. The number of benzene rings is 2. The van der Waals surface area contributed by atoms with Crippen molar-refractivity contribution in [2.24, 2.45) is 5.10 Å². The highest BCUT2D eigenvalue weighted by atomic mass is 79.9. The molecule has 1 heterocycles. The first-order valence-electron chi connectivity index (χ1n) is 6.90. The minimum atomic E-state index is 0.408. The van der Waals surface area contributed by atoms with Crippen LogP contribution in [0.4, 0.5) is 0 Å². The van der Waals surface area contributed by atoms with Crippen LogP contribution in [0.5, 0.6) is 5.75 Å². The second-order valence-electron chi connectivity index (χ2n) is 4.77. The topological polar surface area (TPSA) is 55.2 Å². The Morgan fingerprint density at radius 1 is 1.25 bits per heavy atom. The van der Waals surface area contributed by atoms with Crippen molar-refractivity contribution in [2.75, 3.05) is 7.11 Å². The maximum absolute atomic E-state index is 5.36. The molecule has 0 saturated heterocycles. The molecule has 1 aromatic heterocycles. The van der Waals surface area contributed by atoms with Crippen LogP contribution in [0.2, 0.25) is 0 Å². The minimum Gasteiger partial charge on any atom is -0.496 e. The number of nitrogens with zero attached hydrogens (tertiary/aromatic N) is 3. The third kappa shape index (κ3) is 3.50. The molecule has 122 valence electrons. The van der Waals surface area contributed by atoms with Crippen LogP contribution in [0.25, 0.3) is 11.4 Å². The lowest BCUT2D eigenvalue weighted by Crippen LogP contribution is -1.97. The Hall–Kier alpha value is -1.77. The summed E-state index contributed by atoms with van der Waals surface area (Å²) < 4.78 is 9.19. The second-order valence-corrected chi connectivity index (χ2v) is 6.93. The van der Waals surface area contributed by atoms with Crippen LogP contribution in [0.3, 0.4) is 0 Å². The van der Waals surface area contributed by atoms with Gasteiger partial charge in [0.25, 0.3) is 0 Å². The Balaban J connectivity index is 2.06. The summed E-state index contributed by atoms with van der Waals surface area (Å²) in [4.78, 5) is 0. The Bertz CT molecular complexity index is 965. The molecule has 0 aliphatic heterocycles. The summed E-state index contributed by atoms with van der Waals surface area (Å²) >= 11 is 12.3. The molecular weight excluding hydrogens is 456 g/mol. The van der Waals surface area contributed by atoms with Gasteiger partial charge in [0.15, 0.2) is 5.82 Å². The first-order chi connectivity index (χ1) is 11.6. The van der Waals surface area contributed by atoms with Gasteiger partial charge in [-0.25, -0.2) is 5.10 Å². The van der Waals surface area contributed by atoms with Crippen molar-refractivity contribution < 1.29 is 4.74 Å². The molecule has 3 aromatic rings. The molecule has 0 unspecified atom stereocenters. The molecule has 0 saturated carbocycles. The zero-order valence-corrected chi connectivity index (χ0v) is 16.5. The Morgan fingerprint density at radius 3 is 2.79 bits per heavy atom. The third-order valence-corrected chi connectivity index (χ3v) is 4.72. The van der Waals surface area contributed by atoms with Crippen molar-refractivity contribution in [3.05, 3.63) is 61.7 Å². The van der Waals surface area contributed by atoms with E-state index in [1.54, 1.807) is 18.0 Å². The SMILES string of the molecule is COc1ccc(Br)cc1/C=N\n1c(-c2ccccc2Br)n[nH]c1=S. The first kappa shape index (κ1) is 17.1. The lowest BCUT2D eigenvalue weighted by atomic mass is 10.2. The Morgan fingerprint density at radius 2 is 2.04 bits per heavy atom. The molecule has 0 radical (unpaired) electrons. The van der Waals surface area contributed by atoms with Gasteiger partial charge in [-0.15, -0.1) is 0 Å². The summed E-state index contributed by atoms with van der Waals surface area (Å²) in [6.07, 6.45) is 1.69. The van der Waals surface area contributed by atoms with Crippen molar-refractivity contribution >= 4 is 50.3 Å². The van der Waals surface area contributed by atoms with E-state index in [1.165, 1.54) is 0 Å². The number of nitrogens with one attached hydrogen (secondary N) is 1. The smallest absolute Gasteiger partial charge is 0.216 e. The lowest BCUT2D eigenvalue weighted by molar-refractivity contribution is 0.414. The molecule has 0 fully saturated rings. The highest BCUT2D eigenvalue weighted by molar-refractivity contribution is 9.10. The van der Waals surface area contributed by atoms with Crippen molar-refractivity contribution in [2.45, 2.75) is 0 Å². The number of halogens is 2. The molecule has 3 rings (SSSR count). The predicted molar refractivity (Wildman–Crippen MR) is 104 cm³/mol. The Kier molecular flexibility index (Phi) is 5.27. The maximum Gasteiger partial charge on any atom is 0.216 e. The van der Waals surface area contributed by atoms with Gasteiger partial charge in [-0.3, -0.25) is 0 Å². The molecule has 5 nitrogen and oxygen atoms in total. The van der Waals surface area contributed by atoms with Crippen molar-refractivity contribution in [1.82, 2.24) is 14.9 Å². The van der Waals surface area contributed by atoms with E-state index in [2.05, 4.69) is 47.2 Å². The highest BCUT2D eigenvalue weighted by Crippen LogP contribution is 2.27. The van der Waals surface area contributed by atoms with Crippen LogP contribution in [0.15, 0.2) is 56.5 Å². The van der Waals surface area contributed by atoms with E-state index in [-0.39, 0.29) is 0 Å². The zero-order valence-electron chi connectivity index (χ0n) is 12.5. The largest absolute Gasteiger partial charge is 0.496 e. The van der Waals surface area contributed by atoms with Crippen molar-refractivity contribution in [3.63, 3.8) is 0 Å². The number of aromatic nitrogens is 3. The van der Waals surface area contributed by atoms with E-state index >= 15 is 0 Å². The van der Waals surface area contributed by atoms with E-state index in [9.17, 15) is 0 Å². The fraction of sp³-hybridized carbons (Fsp3) is 0.0625. The number of rotatable bonds is 4.